The van der Waals surface area contributed by atoms with Crippen molar-refractivity contribution < 1.29 is 28.8 Å². The SMILES string of the molecule is CC.COc1nc(-c2cc(O)cc3cccc(C)c23)c(F)c2nc(OCC34CCCC3N(C)CCC4)nc(N3CCOCC(O)C3)c12. The van der Waals surface area contributed by atoms with E-state index in [9.17, 15) is 10.2 Å². The second-order valence-corrected chi connectivity index (χ2v) is 12.8. The molecule has 1 saturated carbocycles. The summed E-state index contributed by atoms with van der Waals surface area (Å²) >= 11 is 0. The molecule has 2 aromatic heterocycles. The monoisotopic (exact) mass is 647 g/mol. The number of nitrogens with zero attached hydrogens (tertiary/aromatic N) is 5. The summed E-state index contributed by atoms with van der Waals surface area (Å²) in [5, 5.41) is 23.0. The van der Waals surface area contributed by atoms with Crippen molar-refractivity contribution in [1.82, 2.24) is 19.9 Å². The van der Waals surface area contributed by atoms with Gasteiger partial charge in [0.25, 0.3) is 0 Å². The summed E-state index contributed by atoms with van der Waals surface area (Å²) in [6.07, 6.45) is 4.75. The molecule has 3 unspecified atom stereocenters. The first-order valence-electron chi connectivity index (χ1n) is 16.8. The molecule has 2 saturated heterocycles. The van der Waals surface area contributed by atoms with Crippen molar-refractivity contribution in [3.63, 3.8) is 0 Å². The lowest BCUT2D eigenvalue weighted by Gasteiger charge is -2.44. The van der Waals surface area contributed by atoms with Gasteiger partial charge >= 0.3 is 6.01 Å². The van der Waals surface area contributed by atoms with Gasteiger partial charge in [0.15, 0.2) is 5.82 Å². The minimum Gasteiger partial charge on any atom is -0.508 e. The number of pyridine rings is 1. The normalized spacial score (nSPS) is 23.3. The molecule has 0 radical (unpaired) electrons. The number of phenolic OH excluding ortho intramolecular Hbond substituents is 1. The average molecular weight is 648 g/mol. The molecular weight excluding hydrogens is 601 g/mol. The number of methoxy groups -OCH3 is 1. The number of hydrogen-bond donors (Lipinski definition) is 2. The van der Waals surface area contributed by atoms with E-state index in [-0.39, 0.29) is 52.8 Å². The van der Waals surface area contributed by atoms with E-state index in [1.807, 2.05) is 43.9 Å². The van der Waals surface area contributed by atoms with E-state index in [0.717, 1.165) is 55.0 Å². The van der Waals surface area contributed by atoms with Crippen LogP contribution in [0, 0.1) is 18.2 Å². The second kappa shape index (κ2) is 13.7. The summed E-state index contributed by atoms with van der Waals surface area (Å²) in [5.41, 5.74) is 1.35. The summed E-state index contributed by atoms with van der Waals surface area (Å²) in [4.78, 5) is 18.5. The van der Waals surface area contributed by atoms with Crippen molar-refractivity contribution in [2.24, 2.45) is 5.41 Å². The number of halogens is 1. The Morgan fingerprint density at radius 1 is 1.09 bits per heavy atom. The zero-order valence-electron chi connectivity index (χ0n) is 28.1. The maximum atomic E-state index is 17.0. The third-order valence-electron chi connectivity index (χ3n) is 9.94. The van der Waals surface area contributed by atoms with E-state index >= 15 is 4.39 Å². The fraction of sp³-hybridized carbons (Fsp3) is 0.528. The molecule has 11 heteroatoms. The number of aromatic nitrogens is 3. The van der Waals surface area contributed by atoms with Gasteiger partial charge in [-0.1, -0.05) is 38.5 Å². The molecule has 3 aliphatic rings. The number of aromatic hydroxyl groups is 1. The van der Waals surface area contributed by atoms with Crippen molar-refractivity contribution in [2.45, 2.75) is 65.0 Å². The van der Waals surface area contributed by atoms with Crippen LogP contribution in [0.25, 0.3) is 32.9 Å². The van der Waals surface area contributed by atoms with Gasteiger partial charge < -0.3 is 34.2 Å². The summed E-state index contributed by atoms with van der Waals surface area (Å²) in [5.74, 6) is -0.170. The highest BCUT2D eigenvalue weighted by Crippen LogP contribution is 2.48. The molecule has 2 aromatic carbocycles. The highest BCUT2D eigenvalue weighted by molar-refractivity contribution is 6.03. The maximum Gasteiger partial charge on any atom is 0.319 e. The van der Waals surface area contributed by atoms with Gasteiger partial charge in [-0.2, -0.15) is 9.97 Å². The number of rotatable bonds is 6. The standard InChI is InChI=1S/C34H40FN5O5.C2H6/c1-20-7-4-8-21-15-22(41)16-24(26(20)21)29-28(35)30-27(32(36-29)43-3)31(40-13-14-44-18-23(42)17-40)38-33(37-30)45-19-34-10-5-9-25(34)39(2)12-6-11-34;1-2/h4,7-8,15-16,23,25,41-42H,5-6,9-14,17-19H2,1-3H3;1-2H3. The number of anilines is 1. The smallest absolute Gasteiger partial charge is 0.319 e. The van der Waals surface area contributed by atoms with Gasteiger partial charge in [-0.15, -0.1) is 0 Å². The Bertz CT molecular complexity index is 1760. The molecule has 4 aromatic rings. The predicted molar refractivity (Wildman–Crippen MR) is 181 cm³/mol. The minimum absolute atomic E-state index is 0.00261. The molecule has 47 heavy (non-hydrogen) atoms. The number of piperidine rings is 1. The molecular formula is C36H46FN5O5. The van der Waals surface area contributed by atoms with E-state index in [1.54, 1.807) is 6.07 Å². The summed E-state index contributed by atoms with van der Waals surface area (Å²) in [6, 6.07) is 9.38. The van der Waals surface area contributed by atoms with E-state index in [0.29, 0.717) is 37.2 Å². The lowest BCUT2D eigenvalue weighted by atomic mass is 9.76. The predicted octanol–water partition coefficient (Wildman–Crippen LogP) is 5.87. The van der Waals surface area contributed by atoms with Crippen LogP contribution in [0.4, 0.5) is 10.2 Å². The first kappa shape index (κ1) is 33.1. The Morgan fingerprint density at radius 2 is 1.89 bits per heavy atom. The second-order valence-electron chi connectivity index (χ2n) is 12.8. The van der Waals surface area contributed by atoms with Crippen LogP contribution in [0.15, 0.2) is 30.3 Å². The molecule has 7 rings (SSSR count). The quantitative estimate of drug-likeness (QED) is 0.263. The molecule has 0 bridgehead atoms. The molecule has 3 fully saturated rings. The van der Waals surface area contributed by atoms with Crippen molar-refractivity contribution in [2.75, 3.05) is 58.5 Å². The highest BCUT2D eigenvalue weighted by atomic mass is 19.1. The number of β-amino-alcohol motifs (C(OH)–C–C–N with tert-alkyl or cyclic N) is 1. The van der Waals surface area contributed by atoms with Crippen LogP contribution < -0.4 is 14.4 Å². The summed E-state index contributed by atoms with van der Waals surface area (Å²) in [6.45, 7) is 8.65. The van der Waals surface area contributed by atoms with Gasteiger partial charge in [0.1, 0.15) is 28.2 Å². The molecule has 10 nitrogen and oxygen atoms in total. The molecule has 2 aliphatic heterocycles. The third-order valence-corrected chi connectivity index (χ3v) is 9.94. The number of aliphatic hydroxyl groups excluding tert-OH is 1. The molecule has 4 heterocycles. The summed E-state index contributed by atoms with van der Waals surface area (Å²) in [7, 11) is 3.66. The van der Waals surface area contributed by atoms with Crippen LogP contribution in [-0.2, 0) is 4.74 Å². The Balaban J connectivity index is 0.00000190. The molecule has 1 aliphatic carbocycles. The van der Waals surface area contributed by atoms with Crippen LogP contribution in [0.2, 0.25) is 0 Å². The van der Waals surface area contributed by atoms with Crippen LogP contribution >= 0.6 is 0 Å². The van der Waals surface area contributed by atoms with Crippen molar-refractivity contribution in [1.29, 1.82) is 0 Å². The lowest BCUT2D eigenvalue weighted by Crippen LogP contribution is -2.50. The fourth-order valence-corrected chi connectivity index (χ4v) is 7.88. The number of likely N-dealkylation sites (tertiary alicyclic amines) is 1. The van der Waals surface area contributed by atoms with Crippen molar-refractivity contribution in [3.8, 4) is 28.9 Å². The molecule has 2 N–H and O–H groups in total. The number of ether oxygens (including phenoxy) is 3. The van der Waals surface area contributed by atoms with E-state index in [1.165, 1.54) is 13.2 Å². The van der Waals surface area contributed by atoms with Gasteiger partial charge in [0.05, 0.1) is 33.0 Å². The first-order chi connectivity index (χ1) is 22.8. The molecule has 0 spiro atoms. The molecule has 252 valence electrons. The van der Waals surface area contributed by atoms with Gasteiger partial charge in [-0.05, 0) is 74.7 Å². The van der Waals surface area contributed by atoms with E-state index in [2.05, 4.69) is 21.9 Å². The number of phenols is 1. The number of benzene rings is 2. The van der Waals surface area contributed by atoms with Crippen LogP contribution in [0.5, 0.6) is 17.6 Å². The molecule has 0 amide bonds. The Hall–Kier alpha value is -3.80. The highest BCUT2D eigenvalue weighted by Gasteiger charge is 2.47. The fourth-order valence-electron chi connectivity index (χ4n) is 7.88. The zero-order chi connectivity index (χ0) is 33.3. The van der Waals surface area contributed by atoms with Crippen LogP contribution in [-0.4, -0.2) is 95.8 Å². The number of fused-ring (bicyclic) bond motifs is 3. The zero-order valence-corrected chi connectivity index (χ0v) is 28.1. The lowest BCUT2D eigenvalue weighted by molar-refractivity contribution is 0.0133. The third kappa shape index (κ3) is 6.16. The van der Waals surface area contributed by atoms with Crippen molar-refractivity contribution >= 4 is 27.5 Å². The number of hydrogen-bond acceptors (Lipinski definition) is 10. The minimum atomic E-state index is -0.762. The van der Waals surface area contributed by atoms with Gasteiger partial charge in [0, 0.05) is 30.1 Å². The maximum absolute atomic E-state index is 17.0. The summed E-state index contributed by atoms with van der Waals surface area (Å²) < 4.78 is 34.8. The Morgan fingerprint density at radius 3 is 2.70 bits per heavy atom. The topological polar surface area (TPSA) is 113 Å². The van der Waals surface area contributed by atoms with Gasteiger partial charge in [-0.3, -0.25) is 0 Å². The van der Waals surface area contributed by atoms with Gasteiger partial charge in [-0.25, -0.2) is 9.37 Å². The Kier molecular flexibility index (Phi) is 9.68. The largest absolute Gasteiger partial charge is 0.508 e. The van der Waals surface area contributed by atoms with Gasteiger partial charge in [0.2, 0.25) is 5.88 Å². The van der Waals surface area contributed by atoms with Crippen LogP contribution in [0.3, 0.4) is 0 Å². The Labute approximate surface area is 275 Å². The van der Waals surface area contributed by atoms with Crippen molar-refractivity contribution in [3.05, 3.63) is 41.7 Å². The number of aliphatic hydroxyl groups is 1. The first-order valence-corrected chi connectivity index (χ1v) is 16.8. The average Bonchev–Trinajstić information content (AvgIpc) is 3.39. The molecule has 3 atom stereocenters. The van der Waals surface area contributed by atoms with E-state index in [4.69, 9.17) is 19.2 Å². The van der Waals surface area contributed by atoms with E-state index < -0.39 is 11.9 Å². The van der Waals surface area contributed by atoms with Crippen LogP contribution in [0.1, 0.15) is 51.5 Å². The number of aryl methyl sites for hydroxylation is 1.